The summed E-state index contributed by atoms with van der Waals surface area (Å²) in [4.78, 5) is 62.2. The molecule has 12 nitrogen and oxygen atoms in total. The lowest BCUT2D eigenvalue weighted by Crippen LogP contribution is -2.58. The molecule has 0 spiro atoms. The number of thiophene rings is 1. The lowest BCUT2D eigenvalue weighted by molar-refractivity contribution is -0.148. The van der Waals surface area contributed by atoms with E-state index in [4.69, 9.17) is 9.26 Å². The fourth-order valence-corrected chi connectivity index (χ4v) is 10.9. The molecule has 5 heterocycles. The van der Waals surface area contributed by atoms with Crippen molar-refractivity contribution < 1.29 is 41.8 Å². The van der Waals surface area contributed by atoms with Crippen LogP contribution in [0.4, 0.5) is 8.78 Å². The number of carbonyl (C=O) groups is 4. The molecule has 58 heavy (non-hydrogen) atoms. The SMILES string of the molecule is CCCCOC(=O)[C@H](C)N(C)P(=O)(Oc1ccccc1)C(F)(F)c1ccc2sc(C(=O)N[C@H]3CCC[C@H]4CC[C@@H](C(=O)N5CC(c6cccnc6)C5)N4C3=O)cc2c1. The van der Waals surface area contributed by atoms with E-state index in [0.717, 1.165) is 53.6 Å². The first-order valence-corrected chi connectivity index (χ1v) is 22.2. The Bertz CT molecular complexity index is 2190. The van der Waals surface area contributed by atoms with E-state index in [0.29, 0.717) is 55.3 Å². The molecule has 0 radical (unpaired) electrons. The molecule has 0 bridgehead atoms. The molecule has 3 aliphatic rings. The number of nitrogens with zero attached hydrogens (tertiary/aromatic N) is 4. The average molecular weight is 836 g/mol. The summed E-state index contributed by atoms with van der Waals surface area (Å²) in [5.41, 5.74) is -3.69. The molecular weight excluding hydrogens is 788 g/mol. The molecule has 2 aromatic carbocycles. The molecule has 1 N–H and O–H groups in total. The van der Waals surface area contributed by atoms with Gasteiger partial charge in [0, 0.05) is 47.7 Å². The van der Waals surface area contributed by atoms with Gasteiger partial charge in [-0.15, -0.1) is 11.3 Å². The van der Waals surface area contributed by atoms with Crippen LogP contribution in [0.15, 0.2) is 79.1 Å². The van der Waals surface area contributed by atoms with Crippen molar-refractivity contribution in [2.75, 3.05) is 26.7 Å². The number of para-hydroxylation sites is 1. The van der Waals surface area contributed by atoms with E-state index in [-0.39, 0.29) is 41.0 Å². The Kier molecular flexibility index (Phi) is 12.3. The molecule has 3 aliphatic heterocycles. The lowest BCUT2D eigenvalue weighted by Gasteiger charge is -2.42. The smallest absolute Gasteiger partial charge is 0.393 e. The zero-order valence-corrected chi connectivity index (χ0v) is 34.4. The number of benzene rings is 2. The molecule has 4 aromatic rings. The zero-order valence-electron chi connectivity index (χ0n) is 32.7. The number of likely N-dealkylation sites (N-methyl/N-ethyl adjacent to an activating group) is 1. The Labute approximate surface area is 340 Å². The molecule has 7 rings (SSSR count). The molecule has 3 saturated heterocycles. The van der Waals surface area contributed by atoms with Gasteiger partial charge in [-0.05, 0) is 99.8 Å². The number of esters is 1. The Hall–Kier alpha value is -4.72. The average Bonchev–Trinajstić information content (AvgIpc) is 3.80. The summed E-state index contributed by atoms with van der Waals surface area (Å²) in [7, 11) is -4.07. The van der Waals surface area contributed by atoms with E-state index < -0.39 is 48.7 Å². The number of rotatable bonds is 14. The van der Waals surface area contributed by atoms with Crippen LogP contribution in [0.2, 0.25) is 0 Å². The van der Waals surface area contributed by atoms with E-state index >= 15 is 8.78 Å². The van der Waals surface area contributed by atoms with Gasteiger partial charge in [-0.3, -0.25) is 28.7 Å². The summed E-state index contributed by atoms with van der Waals surface area (Å²) >= 11 is 1.07. The predicted octanol–water partition coefficient (Wildman–Crippen LogP) is 7.55. The molecule has 1 unspecified atom stereocenters. The first-order chi connectivity index (χ1) is 27.8. The summed E-state index contributed by atoms with van der Waals surface area (Å²) in [6, 6.07) is 13.8. The largest absolute Gasteiger partial charge is 0.465 e. The maximum atomic E-state index is 16.8. The highest BCUT2D eigenvalue weighted by atomic mass is 32.1. The number of fused-ring (bicyclic) bond motifs is 2. The van der Waals surface area contributed by atoms with Crippen LogP contribution >= 0.6 is 18.9 Å². The normalized spacial score (nSPS) is 21.5. The number of pyridine rings is 1. The van der Waals surface area contributed by atoms with Crippen LogP contribution in [0.25, 0.3) is 10.1 Å². The van der Waals surface area contributed by atoms with E-state index in [1.54, 1.807) is 34.2 Å². The van der Waals surface area contributed by atoms with Gasteiger partial charge >= 0.3 is 19.2 Å². The molecule has 3 amide bonds. The minimum atomic E-state index is -5.22. The van der Waals surface area contributed by atoms with Crippen LogP contribution in [-0.2, 0) is 29.3 Å². The van der Waals surface area contributed by atoms with Crippen LogP contribution in [-0.4, -0.2) is 94.1 Å². The first kappa shape index (κ1) is 41.4. The minimum Gasteiger partial charge on any atom is -0.465 e. The van der Waals surface area contributed by atoms with Crippen molar-refractivity contribution in [3.63, 3.8) is 0 Å². The van der Waals surface area contributed by atoms with E-state index in [9.17, 15) is 23.7 Å². The molecule has 16 heteroatoms. The number of hydrogen-bond acceptors (Lipinski definition) is 9. The highest BCUT2D eigenvalue weighted by Crippen LogP contribution is 2.68. The van der Waals surface area contributed by atoms with Crippen LogP contribution in [0.1, 0.15) is 85.5 Å². The number of ether oxygens (including phenoxy) is 1. The van der Waals surface area contributed by atoms with Crippen LogP contribution < -0.4 is 9.84 Å². The van der Waals surface area contributed by atoms with E-state index in [1.807, 2.05) is 25.3 Å². The Morgan fingerprint density at radius 2 is 1.83 bits per heavy atom. The van der Waals surface area contributed by atoms with Crippen molar-refractivity contribution in [1.29, 1.82) is 0 Å². The lowest BCUT2D eigenvalue weighted by atomic mass is 9.92. The highest BCUT2D eigenvalue weighted by molar-refractivity contribution is 7.57. The quantitative estimate of drug-likeness (QED) is 0.0776. The van der Waals surface area contributed by atoms with Crippen LogP contribution in [0.5, 0.6) is 5.75 Å². The van der Waals surface area contributed by atoms with Crippen LogP contribution in [0.3, 0.4) is 0 Å². The zero-order chi connectivity index (χ0) is 41.2. The first-order valence-electron chi connectivity index (χ1n) is 19.8. The van der Waals surface area contributed by atoms with Gasteiger partial charge in [-0.1, -0.05) is 43.7 Å². The van der Waals surface area contributed by atoms with Crippen LogP contribution in [0, 0.1) is 0 Å². The summed E-state index contributed by atoms with van der Waals surface area (Å²) < 4.78 is 60.4. The fraction of sp³-hybridized carbons (Fsp3) is 0.452. The van der Waals surface area contributed by atoms with Gasteiger partial charge in [0.05, 0.1) is 11.5 Å². The van der Waals surface area contributed by atoms with E-state index in [1.165, 1.54) is 31.2 Å². The summed E-state index contributed by atoms with van der Waals surface area (Å²) in [6.45, 7) is 4.48. The summed E-state index contributed by atoms with van der Waals surface area (Å²) in [6.07, 6.45) is 7.97. The maximum Gasteiger partial charge on any atom is 0.393 e. The molecule has 3 fully saturated rings. The second-order valence-electron chi connectivity index (χ2n) is 15.3. The molecule has 2 aromatic heterocycles. The number of alkyl halides is 2. The number of nitrogens with one attached hydrogen (secondary N) is 1. The number of unbranched alkanes of at least 4 members (excludes halogenated alkanes) is 1. The Morgan fingerprint density at radius 1 is 1.05 bits per heavy atom. The number of amides is 3. The van der Waals surface area contributed by atoms with Gasteiger partial charge in [0.2, 0.25) is 11.8 Å². The van der Waals surface area contributed by atoms with Crippen molar-refractivity contribution in [3.05, 3.63) is 95.1 Å². The van der Waals surface area contributed by atoms with Crippen molar-refractivity contribution >= 4 is 52.6 Å². The van der Waals surface area contributed by atoms with Crippen molar-refractivity contribution in [1.82, 2.24) is 24.8 Å². The third kappa shape index (κ3) is 8.13. The molecule has 0 saturated carbocycles. The summed E-state index contributed by atoms with van der Waals surface area (Å²) in [5.74, 6) is -1.59. The second kappa shape index (κ2) is 17.2. The van der Waals surface area contributed by atoms with Crippen molar-refractivity contribution in [3.8, 4) is 5.75 Å². The third-order valence-electron chi connectivity index (χ3n) is 11.5. The monoisotopic (exact) mass is 835 g/mol. The van der Waals surface area contributed by atoms with Gasteiger partial charge in [-0.2, -0.15) is 8.78 Å². The standard InChI is InChI=1S/C42H48F2N5O7PS/c1-4-5-21-55-41(53)27(2)47(3)57(54,56-33-13-7-6-8-14-33)42(43,44)31-16-19-36-29(22-31)23-37(58-36)38(50)46-34-15-9-12-32-17-18-35(49(32)39(34)51)40(52)48-25-30(26-48)28-11-10-20-45-24-28/h6-8,10-11,13-14,16,19-20,22-24,27,30,32,34-35H,4-5,9,12,15,17-18,21,25-26H2,1-3H3,(H,46,50)/t27-,32-,34-,35-,57?/m0/s1. The maximum absolute atomic E-state index is 16.8. The Balaban J connectivity index is 1.07. The van der Waals surface area contributed by atoms with Crippen molar-refractivity contribution in [2.45, 2.75) is 94.5 Å². The number of likely N-dealkylation sites (tertiary alicyclic amines) is 1. The predicted molar refractivity (Wildman–Crippen MR) is 216 cm³/mol. The van der Waals surface area contributed by atoms with Gasteiger partial charge in [0.15, 0.2) is 0 Å². The minimum absolute atomic E-state index is 0.0708. The second-order valence-corrected chi connectivity index (χ2v) is 18.8. The Morgan fingerprint density at radius 3 is 2.55 bits per heavy atom. The number of aromatic nitrogens is 1. The fourth-order valence-electron chi connectivity index (χ4n) is 7.93. The highest BCUT2D eigenvalue weighted by Gasteiger charge is 2.59. The molecule has 308 valence electrons. The molecule has 5 atom stereocenters. The number of hydrogen-bond donors (Lipinski definition) is 1. The van der Waals surface area contributed by atoms with Gasteiger partial charge in [0.1, 0.15) is 23.9 Å². The van der Waals surface area contributed by atoms with Gasteiger partial charge in [-0.25, -0.2) is 4.67 Å². The third-order valence-corrected chi connectivity index (χ3v) is 15.2. The summed E-state index contributed by atoms with van der Waals surface area (Å²) in [5, 5.41) is 3.18. The van der Waals surface area contributed by atoms with Gasteiger partial charge in [0.25, 0.3) is 5.91 Å². The molecular formula is C42H48F2N5O7PS. The number of carbonyl (C=O) groups excluding carboxylic acids is 4. The molecule has 0 aliphatic carbocycles. The van der Waals surface area contributed by atoms with E-state index in [2.05, 4.69) is 10.3 Å². The topological polar surface area (TPSA) is 138 Å². The number of halogens is 2. The van der Waals surface area contributed by atoms with Crippen molar-refractivity contribution in [2.24, 2.45) is 0 Å². The van der Waals surface area contributed by atoms with Gasteiger partial charge < -0.3 is 24.4 Å².